The van der Waals surface area contributed by atoms with Gasteiger partial charge < -0.3 is 10.8 Å². The van der Waals surface area contributed by atoms with Gasteiger partial charge in [-0.15, -0.1) is 0 Å². The number of nitrogen functional groups attached to an aromatic ring is 1. The summed E-state index contributed by atoms with van der Waals surface area (Å²) < 4.78 is 0. The first-order valence-corrected chi connectivity index (χ1v) is 3.69. The largest absolute Gasteiger partial charge is 0.478 e. The molecule has 3 nitrogen and oxygen atoms in total. The quantitative estimate of drug-likeness (QED) is 0.658. The van der Waals surface area contributed by atoms with Crippen molar-refractivity contribution in [1.29, 1.82) is 0 Å². The van der Waals surface area contributed by atoms with Gasteiger partial charge in [0.2, 0.25) is 0 Å². The number of carboxylic acid groups (broad SMARTS) is 1. The van der Waals surface area contributed by atoms with E-state index in [4.69, 9.17) is 22.4 Å². The third kappa shape index (κ3) is 1.36. The Kier molecular flexibility index (Phi) is 2.24. The number of carbonyl (C=O) groups is 1. The van der Waals surface area contributed by atoms with Crippen molar-refractivity contribution in [2.75, 3.05) is 5.73 Å². The molecule has 0 heterocycles. The molecule has 12 heavy (non-hydrogen) atoms. The lowest BCUT2D eigenvalue weighted by Crippen LogP contribution is -2.02. The van der Waals surface area contributed by atoms with Crippen LogP contribution in [0.25, 0.3) is 0 Å². The Bertz CT molecular complexity index is 336. The summed E-state index contributed by atoms with van der Waals surface area (Å²) in [6, 6.07) is 2.92. The molecule has 0 aromatic heterocycles. The molecule has 4 heteroatoms. The van der Waals surface area contributed by atoms with E-state index in [9.17, 15) is 4.79 Å². The lowest BCUT2D eigenvalue weighted by molar-refractivity contribution is 0.0696. The standard InChI is InChI=1S/C8H8ClNO2/c1-4-5(8(11)12)2-3-6(9)7(4)10/h2-3H,10H2,1H3,(H,11,12). The molecule has 0 atom stereocenters. The molecule has 0 saturated carbocycles. The monoisotopic (exact) mass is 185 g/mol. The fraction of sp³-hybridized carbons (Fsp3) is 0.125. The van der Waals surface area contributed by atoms with Crippen molar-refractivity contribution in [3.8, 4) is 0 Å². The van der Waals surface area contributed by atoms with Crippen LogP contribution in [0.15, 0.2) is 12.1 Å². The minimum absolute atomic E-state index is 0.192. The van der Waals surface area contributed by atoms with Crippen LogP contribution in [-0.2, 0) is 0 Å². The minimum atomic E-state index is -0.990. The van der Waals surface area contributed by atoms with Gasteiger partial charge in [-0.25, -0.2) is 4.79 Å². The highest BCUT2D eigenvalue weighted by molar-refractivity contribution is 6.33. The molecule has 3 N–H and O–H groups in total. The summed E-state index contributed by atoms with van der Waals surface area (Å²) in [5, 5.41) is 9.07. The average molecular weight is 186 g/mol. The number of rotatable bonds is 1. The molecule has 0 saturated heterocycles. The zero-order valence-electron chi connectivity index (χ0n) is 6.47. The van der Waals surface area contributed by atoms with E-state index in [1.807, 2.05) is 0 Å². The average Bonchev–Trinajstić information content (AvgIpc) is 2.00. The molecule has 0 aliphatic heterocycles. The normalized spacial score (nSPS) is 9.83. The zero-order chi connectivity index (χ0) is 9.30. The van der Waals surface area contributed by atoms with Crippen molar-refractivity contribution in [2.45, 2.75) is 6.92 Å². The van der Waals surface area contributed by atoms with Gasteiger partial charge in [0.25, 0.3) is 0 Å². The molecule has 1 aromatic carbocycles. The van der Waals surface area contributed by atoms with Crippen molar-refractivity contribution >= 4 is 23.3 Å². The van der Waals surface area contributed by atoms with Crippen LogP contribution in [0.3, 0.4) is 0 Å². The second kappa shape index (κ2) is 3.03. The third-order valence-corrected chi connectivity index (χ3v) is 2.02. The lowest BCUT2D eigenvalue weighted by Gasteiger charge is -2.05. The van der Waals surface area contributed by atoms with Gasteiger partial charge in [-0.3, -0.25) is 0 Å². The second-order valence-electron chi connectivity index (χ2n) is 2.44. The Hall–Kier alpha value is -1.22. The first kappa shape index (κ1) is 8.87. The molecular weight excluding hydrogens is 178 g/mol. The fourth-order valence-corrected chi connectivity index (χ4v) is 1.13. The van der Waals surface area contributed by atoms with E-state index < -0.39 is 5.97 Å². The Morgan fingerprint density at radius 2 is 2.17 bits per heavy atom. The van der Waals surface area contributed by atoms with E-state index in [-0.39, 0.29) is 5.56 Å². The summed E-state index contributed by atoms with van der Waals surface area (Å²) in [6.45, 7) is 1.63. The highest BCUT2D eigenvalue weighted by Crippen LogP contribution is 2.24. The Balaban J connectivity index is 3.36. The van der Waals surface area contributed by atoms with Crippen LogP contribution < -0.4 is 5.73 Å². The van der Waals surface area contributed by atoms with Gasteiger partial charge >= 0.3 is 5.97 Å². The summed E-state index contributed by atoms with van der Waals surface area (Å²) in [5.41, 5.74) is 6.56. The van der Waals surface area contributed by atoms with E-state index >= 15 is 0 Å². The van der Waals surface area contributed by atoms with Crippen LogP contribution in [0.2, 0.25) is 5.02 Å². The first-order chi connectivity index (χ1) is 5.54. The van der Waals surface area contributed by atoms with Crippen molar-refractivity contribution in [2.24, 2.45) is 0 Å². The molecule has 1 aromatic rings. The summed E-state index contributed by atoms with van der Waals surface area (Å²) in [6.07, 6.45) is 0. The molecule has 0 bridgehead atoms. The van der Waals surface area contributed by atoms with Crippen LogP contribution in [0.1, 0.15) is 15.9 Å². The first-order valence-electron chi connectivity index (χ1n) is 3.32. The fourth-order valence-electron chi connectivity index (χ4n) is 0.927. The van der Waals surface area contributed by atoms with Gasteiger partial charge in [0.05, 0.1) is 16.3 Å². The maximum atomic E-state index is 10.6. The summed E-state index contributed by atoms with van der Waals surface area (Å²) in [4.78, 5) is 10.6. The van der Waals surface area contributed by atoms with E-state index in [0.29, 0.717) is 16.3 Å². The highest BCUT2D eigenvalue weighted by Gasteiger charge is 2.10. The van der Waals surface area contributed by atoms with E-state index in [1.165, 1.54) is 12.1 Å². The molecule has 0 amide bonds. The Morgan fingerprint density at radius 3 is 2.67 bits per heavy atom. The number of hydrogen-bond donors (Lipinski definition) is 2. The van der Waals surface area contributed by atoms with Crippen molar-refractivity contribution in [3.63, 3.8) is 0 Å². The predicted octanol–water partition coefficient (Wildman–Crippen LogP) is 1.93. The Labute approximate surface area is 74.8 Å². The van der Waals surface area contributed by atoms with Gasteiger partial charge in [-0.1, -0.05) is 11.6 Å². The van der Waals surface area contributed by atoms with E-state index in [0.717, 1.165) is 0 Å². The zero-order valence-corrected chi connectivity index (χ0v) is 7.22. The summed E-state index contributed by atoms with van der Waals surface area (Å²) in [5.74, 6) is -0.990. The smallest absolute Gasteiger partial charge is 0.336 e. The van der Waals surface area contributed by atoms with Gasteiger partial charge in [0, 0.05) is 0 Å². The van der Waals surface area contributed by atoms with Gasteiger partial charge in [-0.05, 0) is 24.6 Å². The van der Waals surface area contributed by atoms with E-state index in [2.05, 4.69) is 0 Å². The molecule has 0 unspecified atom stereocenters. The highest BCUT2D eigenvalue weighted by atomic mass is 35.5. The number of carboxylic acids is 1. The van der Waals surface area contributed by atoms with Crippen LogP contribution in [0, 0.1) is 6.92 Å². The molecule has 0 spiro atoms. The molecule has 1 rings (SSSR count). The number of anilines is 1. The number of nitrogens with two attached hydrogens (primary N) is 1. The summed E-state index contributed by atoms with van der Waals surface area (Å²) in [7, 11) is 0. The predicted molar refractivity (Wildman–Crippen MR) is 47.6 cm³/mol. The second-order valence-corrected chi connectivity index (χ2v) is 2.85. The Morgan fingerprint density at radius 1 is 1.58 bits per heavy atom. The van der Waals surface area contributed by atoms with Crippen molar-refractivity contribution < 1.29 is 9.90 Å². The maximum absolute atomic E-state index is 10.6. The van der Waals surface area contributed by atoms with Gasteiger partial charge in [-0.2, -0.15) is 0 Å². The molecule has 0 fully saturated rings. The topological polar surface area (TPSA) is 63.3 Å². The molecule has 0 radical (unpaired) electrons. The van der Waals surface area contributed by atoms with Crippen molar-refractivity contribution in [1.82, 2.24) is 0 Å². The minimum Gasteiger partial charge on any atom is -0.478 e. The number of benzene rings is 1. The number of hydrogen-bond acceptors (Lipinski definition) is 2. The van der Waals surface area contributed by atoms with Gasteiger partial charge in [0.15, 0.2) is 0 Å². The number of aromatic carboxylic acids is 1. The molecular formula is C8H8ClNO2. The lowest BCUT2D eigenvalue weighted by atomic mass is 10.1. The van der Waals surface area contributed by atoms with Crippen LogP contribution >= 0.6 is 11.6 Å². The molecule has 0 aliphatic rings. The van der Waals surface area contributed by atoms with Crippen LogP contribution in [0.5, 0.6) is 0 Å². The van der Waals surface area contributed by atoms with Gasteiger partial charge in [0.1, 0.15) is 0 Å². The number of halogens is 1. The third-order valence-electron chi connectivity index (χ3n) is 1.69. The van der Waals surface area contributed by atoms with Crippen LogP contribution in [-0.4, -0.2) is 11.1 Å². The molecule has 64 valence electrons. The van der Waals surface area contributed by atoms with E-state index in [1.54, 1.807) is 6.92 Å². The SMILES string of the molecule is Cc1c(C(=O)O)ccc(Cl)c1N. The van der Waals surface area contributed by atoms with Crippen molar-refractivity contribution in [3.05, 3.63) is 28.3 Å². The maximum Gasteiger partial charge on any atom is 0.336 e. The summed E-state index contributed by atoms with van der Waals surface area (Å²) >= 11 is 5.67. The van der Waals surface area contributed by atoms with Crippen LogP contribution in [0.4, 0.5) is 5.69 Å². The molecule has 0 aliphatic carbocycles.